The van der Waals surface area contributed by atoms with E-state index in [2.05, 4.69) is 10.4 Å². The molecule has 146 valence electrons. The van der Waals surface area contributed by atoms with Gasteiger partial charge in [0.1, 0.15) is 11.0 Å². The Balaban J connectivity index is 1.80. The average Bonchev–Trinajstić information content (AvgIpc) is 2.96. The van der Waals surface area contributed by atoms with Crippen LogP contribution in [0.25, 0.3) is 5.69 Å². The maximum atomic E-state index is 13.6. The molecule has 7 heteroatoms. The maximum Gasteiger partial charge on any atom is 0.256 e. The van der Waals surface area contributed by atoms with Gasteiger partial charge in [-0.25, -0.2) is 9.07 Å². The smallest absolute Gasteiger partial charge is 0.256 e. The lowest BCUT2D eigenvalue weighted by Gasteiger charge is -2.25. The molecule has 1 aromatic heterocycles. The van der Waals surface area contributed by atoms with Crippen molar-refractivity contribution < 1.29 is 9.18 Å². The number of rotatable bonds is 6. The first-order valence-corrected chi connectivity index (χ1v) is 9.27. The van der Waals surface area contributed by atoms with Gasteiger partial charge >= 0.3 is 0 Å². The van der Waals surface area contributed by atoms with E-state index in [0.717, 1.165) is 11.3 Å². The average molecular weight is 401 g/mol. The highest BCUT2D eigenvalue weighted by molar-refractivity contribution is 6.33. The Morgan fingerprint density at radius 2 is 1.93 bits per heavy atom. The zero-order chi connectivity index (χ0) is 20.3. The zero-order valence-corrected chi connectivity index (χ0v) is 16.7. The van der Waals surface area contributed by atoms with Crippen LogP contribution in [0.3, 0.4) is 0 Å². The number of hydrogen-bond acceptors (Lipinski definition) is 3. The lowest BCUT2D eigenvalue weighted by atomic mass is 10.1. The van der Waals surface area contributed by atoms with Crippen molar-refractivity contribution in [3.8, 4) is 5.69 Å². The molecule has 3 rings (SSSR count). The summed E-state index contributed by atoms with van der Waals surface area (Å²) in [5.74, 6) is -0.619. The summed E-state index contributed by atoms with van der Waals surface area (Å²) >= 11 is 6.45. The molecule has 5 nitrogen and oxygen atoms in total. The number of carbonyl (C=O) groups excluding carboxylic acids is 1. The summed E-state index contributed by atoms with van der Waals surface area (Å²) < 4.78 is 15.1. The Labute approximate surface area is 168 Å². The molecule has 0 aliphatic heterocycles. The molecule has 0 saturated carbocycles. The summed E-state index contributed by atoms with van der Waals surface area (Å²) in [6.07, 6.45) is 0. The van der Waals surface area contributed by atoms with Crippen LogP contribution >= 0.6 is 11.6 Å². The van der Waals surface area contributed by atoms with Crippen LogP contribution in [0.1, 0.15) is 27.7 Å². The maximum absolute atomic E-state index is 13.6. The van der Waals surface area contributed by atoms with Gasteiger partial charge in [-0.2, -0.15) is 5.10 Å². The van der Waals surface area contributed by atoms with E-state index in [0.29, 0.717) is 17.8 Å². The van der Waals surface area contributed by atoms with E-state index in [1.807, 2.05) is 55.4 Å². The Bertz CT molecular complexity index is 972. The monoisotopic (exact) mass is 400 g/mol. The molecular weight excluding hydrogens is 379 g/mol. The number of amides is 1. The lowest BCUT2D eigenvalue weighted by Crippen LogP contribution is -2.34. The predicted octanol–water partition coefficient (Wildman–Crippen LogP) is 4.01. The molecule has 0 spiro atoms. The van der Waals surface area contributed by atoms with Crippen molar-refractivity contribution in [2.75, 3.05) is 20.6 Å². The molecule has 0 saturated heterocycles. The molecule has 28 heavy (non-hydrogen) atoms. The number of para-hydroxylation sites is 1. The standard InChI is InChI=1S/C21H22ClFN4O/c1-14-19(20(22)27(25-14)17-10-5-4-6-11-17)21(28)24-13-18(26(2)3)15-8-7-9-16(23)12-15/h4-12,18H,13H2,1-3H3,(H,24,28)/t18-/m0/s1. The third kappa shape index (κ3) is 4.24. The van der Waals surface area contributed by atoms with Crippen LogP contribution < -0.4 is 5.32 Å². The summed E-state index contributed by atoms with van der Waals surface area (Å²) in [6.45, 7) is 2.05. The molecule has 1 amide bonds. The second-order valence-corrected chi connectivity index (χ2v) is 7.10. The van der Waals surface area contributed by atoms with E-state index >= 15 is 0 Å². The summed E-state index contributed by atoms with van der Waals surface area (Å²) in [4.78, 5) is 14.7. The van der Waals surface area contributed by atoms with E-state index in [9.17, 15) is 9.18 Å². The SMILES string of the molecule is Cc1nn(-c2ccccc2)c(Cl)c1C(=O)NC[C@@H](c1cccc(F)c1)N(C)C. The van der Waals surface area contributed by atoms with Crippen LogP contribution in [0.15, 0.2) is 54.6 Å². The van der Waals surface area contributed by atoms with Crippen molar-refractivity contribution in [2.24, 2.45) is 0 Å². The quantitative estimate of drug-likeness (QED) is 0.680. The van der Waals surface area contributed by atoms with Crippen LogP contribution in [-0.2, 0) is 0 Å². The molecule has 0 unspecified atom stereocenters. The molecule has 1 atom stereocenters. The van der Waals surface area contributed by atoms with Crippen LogP contribution in [0.5, 0.6) is 0 Å². The van der Waals surface area contributed by atoms with Gasteiger partial charge in [0.05, 0.1) is 23.0 Å². The van der Waals surface area contributed by atoms with Gasteiger partial charge in [0.2, 0.25) is 0 Å². The number of aromatic nitrogens is 2. The van der Waals surface area contributed by atoms with Gasteiger partial charge < -0.3 is 10.2 Å². The van der Waals surface area contributed by atoms with Crippen LogP contribution in [0.4, 0.5) is 4.39 Å². The first kappa shape index (κ1) is 20.0. The van der Waals surface area contributed by atoms with Crippen molar-refractivity contribution in [3.05, 3.63) is 82.4 Å². The highest BCUT2D eigenvalue weighted by atomic mass is 35.5. The van der Waals surface area contributed by atoms with E-state index in [4.69, 9.17) is 11.6 Å². The second kappa shape index (κ2) is 8.54. The van der Waals surface area contributed by atoms with E-state index in [-0.39, 0.29) is 22.9 Å². The van der Waals surface area contributed by atoms with Crippen LogP contribution in [0.2, 0.25) is 5.15 Å². The van der Waals surface area contributed by atoms with Crippen molar-refractivity contribution in [1.29, 1.82) is 0 Å². The Morgan fingerprint density at radius 1 is 1.21 bits per heavy atom. The third-order valence-corrected chi connectivity index (χ3v) is 4.89. The summed E-state index contributed by atoms with van der Waals surface area (Å²) in [5.41, 5.74) is 2.44. The summed E-state index contributed by atoms with van der Waals surface area (Å²) in [7, 11) is 3.76. The van der Waals surface area contributed by atoms with Gasteiger partial charge in [-0.05, 0) is 50.8 Å². The molecule has 0 aliphatic rings. The Kier molecular flexibility index (Phi) is 6.11. The van der Waals surface area contributed by atoms with Gasteiger partial charge in [0.15, 0.2) is 0 Å². The second-order valence-electron chi connectivity index (χ2n) is 6.74. The Hall–Kier alpha value is -2.70. The molecule has 1 heterocycles. The van der Waals surface area contributed by atoms with Gasteiger partial charge in [-0.1, -0.05) is 41.9 Å². The van der Waals surface area contributed by atoms with E-state index in [1.165, 1.54) is 12.1 Å². The van der Waals surface area contributed by atoms with Gasteiger partial charge in [0.25, 0.3) is 5.91 Å². The minimum absolute atomic E-state index is 0.178. The highest BCUT2D eigenvalue weighted by Crippen LogP contribution is 2.24. The zero-order valence-electron chi connectivity index (χ0n) is 16.0. The number of hydrogen-bond donors (Lipinski definition) is 1. The minimum Gasteiger partial charge on any atom is -0.350 e. The van der Waals surface area contributed by atoms with Crippen LogP contribution in [0, 0.1) is 12.7 Å². The number of nitrogens with zero attached hydrogens (tertiary/aromatic N) is 3. The molecule has 0 fully saturated rings. The van der Waals surface area contributed by atoms with Gasteiger partial charge in [-0.3, -0.25) is 4.79 Å². The van der Waals surface area contributed by atoms with Crippen molar-refractivity contribution >= 4 is 17.5 Å². The summed E-state index contributed by atoms with van der Waals surface area (Å²) in [6, 6.07) is 15.6. The molecule has 0 radical (unpaired) electrons. The van der Waals surface area contributed by atoms with Gasteiger partial charge in [0, 0.05) is 6.54 Å². The normalized spacial score (nSPS) is 12.2. The fraction of sp³-hybridized carbons (Fsp3) is 0.238. The molecule has 3 aromatic rings. The molecule has 0 aliphatic carbocycles. The molecule has 0 bridgehead atoms. The van der Waals surface area contributed by atoms with Crippen molar-refractivity contribution in [2.45, 2.75) is 13.0 Å². The third-order valence-electron chi connectivity index (χ3n) is 4.54. The number of likely N-dealkylation sites (N-methyl/N-ethyl adjacent to an activating group) is 1. The van der Waals surface area contributed by atoms with Crippen molar-refractivity contribution in [1.82, 2.24) is 20.0 Å². The first-order chi connectivity index (χ1) is 13.4. The number of halogens is 2. The predicted molar refractivity (Wildman–Crippen MR) is 108 cm³/mol. The van der Waals surface area contributed by atoms with Crippen molar-refractivity contribution in [3.63, 3.8) is 0 Å². The van der Waals surface area contributed by atoms with Gasteiger partial charge in [-0.15, -0.1) is 0 Å². The molecular formula is C21H22ClFN4O. The Morgan fingerprint density at radius 3 is 2.57 bits per heavy atom. The topological polar surface area (TPSA) is 50.2 Å². The fourth-order valence-corrected chi connectivity index (χ4v) is 3.45. The first-order valence-electron chi connectivity index (χ1n) is 8.89. The highest BCUT2D eigenvalue weighted by Gasteiger charge is 2.23. The van der Waals surface area contributed by atoms with E-state index < -0.39 is 0 Å². The molecule has 1 N–H and O–H groups in total. The minimum atomic E-state index is -0.312. The number of carbonyl (C=O) groups is 1. The largest absolute Gasteiger partial charge is 0.350 e. The number of nitrogens with one attached hydrogen (secondary N) is 1. The number of aryl methyl sites for hydroxylation is 1. The fourth-order valence-electron chi connectivity index (χ4n) is 3.09. The van der Waals surface area contributed by atoms with E-state index in [1.54, 1.807) is 17.7 Å². The summed E-state index contributed by atoms with van der Waals surface area (Å²) in [5, 5.41) is 7.56. The number of benzene rings is 2. The van der Waals surface area contributed by atoms with Crippen LogP contribution in [-0.4, -0.2) is 41.2 Å². The molecule has 2 aromatic carbocycles. The lowest BCUT2D eigenvalue weighted by molar-refractivity contribution is 0.0941.